The van der Waals surface area contributed by atoms with Crippen molar-refractivity contribution in [1.29, 1.82) is 0 Å². The molecule has 1 aliphatic heterocycles. The van der Waals surface area contributed by atoms with Crippen LogP contribution in [0.1, 0.15) is 33.1 Å². The largest absolute Gasteiger partial charge is 0.352 e. The van der Waals surface area contributed by atoms with Gasteiger partial charge in [-0.1, -0.05) is 11.1 Å². The molecule has 11 heavy (non-hydrogen) atoms. The van der Waals surface area contributed by atoms with Crippen molar-refractivity contribution < 1.29 is 4.79 Å². The zero-order chi connectivity index (χ0) is 8.27. The van der Waals surface area contributed by atoms with E-state index in [1.807, 2.05) is 0 Å². The van der Waals surface area contributed by atoms with Gasteiger partial charge in [-0.05, 0) is 26.7 Å². The van der Waals surface area contributed by atoms with Gasteiger partial charge in [0.05, 0.1) is 0 Å². The molecule has 1 amide bonds. The monoisotopic (exact) mass is 153 g/mol. The van der Waals surface area contributed by atoms with E-state index in [1.165, 1.54) is 11.1 Å². The van der Waals surface area contributed by atoms with E-state index in [4.69, 9.17) is 0 Å². The van der Waals surface area contributed by atoms with Gasteiger partial charge in [0, 0.05) is 13.0 Å². The van der Waals surface area contributed by atoms with Gasteiger partial charge in [0.15, 0.2) is 0 Å². The molecule has 0 radical (unpaired) electrons. The van der Waals surface area contributed by atoms with Crippen LogP contribution in [0, 0.1) is 0 Å². The molecule has 0 bridgehead atoms. The smallest absolute Gasteiger partial charge is 0.220 e. The van der Waals surface area contributed by atoms with Crippen LogP contribution in [0.5, 0.6) is 0 Å². The Labute approximate surface area is 67.7 Å². The summed E-state index contributed by atoms with van der Waals surface area (Å²) in [6.45, 7) is 4.97. The van der Waals surface area contributed by atoms with Gasteiger partial charge >= 0.3 is 0 Å². The minimum atomic E-state index is 0.192. The highest BCUT2D eigenvalue weighted by Gasteiger charge is 2.06. The average molecular weight is 153 g/mol. The van der Waals surface area contributed by atoms with Crippen molar-refractivity contribution in [1.82, 2.24) is 5.32 Å². The number of carbonyl (C=O) groups excluding carboxylic acids is 1. The molecule has 2 heteroatoms. The van der Waals surface area contributed by atoms with Crippen molar-refractivity contribution in [2.45, 2.75) is 33.1 Å². The molecule has 0 atom stereocenters. The number of amides is 1. The van der Waals surface area contributed by atoms with Crippen LogP contribution in [0.3, 0.4) is 0 Å². The highest BCUT2D eigenvalue weighted by molar-refractivity contribution is 5.76. The number of rotatable bonds is 0. The minimum Gasteiger partial charge on any atom is -0.352 e. The van der Waals surface area contributed by atoms with Crippen LogP contribution in [0.4, 0.5) is 0 Å². The number of allylic oxidation sites excluding steroid dienone is 1. The Morgan fingerprint density at radius 2 is 1.91 bits per heavy atom. The molecule has 0 aromatic carbocycles. The topological polar surface area (TPSA) is 29.1 Å². The summed E-state index contributed by atoms with van der Waals surface area (Å²) in [5.41, 5.74) is 2.75. The molecule has 0 spiro atoms. The molecular formula is C9H15NO. The van der Waals surface area contributed by atoms with Crippen molar-refractivity contribution in [3.63, 3.8) is 0 Å². The van der Waals surface area contributed by atoms with Gasteiger partial charge in [-0.25, -0.2) is 0 Å². The van der Waals surface area contributed by atoms with Gasteiger partial charge in [0.1, 0.15) is 0 Å². The minimum absolute atomic E-state index is 0.192. The van der Waals surface area contributed by atoms with Crippen LogP contribution in [-0.4, -0.2) is 12.5 Å². The Morgan fingerprint density at radius 3 is 2.64 bits per heavy atom. The number of hydrogen-bond donors (Lipinski definition) is 1. The summed E-state index contributed by atoms with van der Waals surface area (Å²) in [6, 6.07) is 0. The maximum absolute atomic E-state index is 11.0. The van der Waals surface area contributed by atoms with Crippen molar-refractivity contribution in [3.05, 3.63) is 11.1 Å². The van der Waals surface area contributed by atoms with E-state index in [2.05, 4.69) is 19.2 Å². The van der Waals surface area contributed by atoms with E-state index in [9.17, 15) is 4.79 Å². The van der Waals surface area contributed by atoms with Crippen LogP contribution in [0.15, 0.2) is 11.1 Å². The zero-order valence-electron chi connectivity index (χ0n) is 7.24. The first kappa shape index (κ1) is 8.31. The Morgan fingerprint density at radius 1 is 1.18 bits per heavy atom. The van der Waals surface area contributed by atoms with Crippen molar-refractivity contribution in [2.24, 2.45) is 0 Å². The average Bonchev–Trinajstić information content (AvgIpc) is 1.98. The standard InChI is InChI=1S/C9H15NO/c1-7-4-3-5-9(11)10-6-8(7)2/h3-6H2,1-2H3,(H,10,11)/b8-7+. The van der Waals surface area contributed by atoms with Gasteiger partial charge in [-0.3, -0.25) is 4.79 Å². The maximum atomic E-state index is 11.0. The first-order valence-electron chi connectivity index (χ1n) is 4.12. The molecule has 1 heterocycles. The Bertz CT molecular complexity index is 194. The molecule has 2 nitrogen and oxygen atoms in total. The number of nitrogens with one attached hydrogen (secondary N) is 1. The van der Waals surface area contributed by atoms with Gasteiger partial charge in [0.2, 0.25) is 5.91 Å². The summed E-state index contributed by atoms with van der Waals surface area (Å²) in [7, 11) is 0. The fourth-order valence-corrected chi connectivity index (χ4v) is 1.20. The lowest BCUT2D eigenvalue weighted by molar-refractivity contribution is -0.121. The Balaban J connectivity index is 2.61. The molecule has 0 saturated carbocycles. The lowest BCUT2D eigenvalue weighted by Gasteiger charge is -2.13. The first-order valence-corrected chi connectivity index (χ1v) is 4.12. The fraction of sp³-hybridized carbons (Fsp3) is 0.667. The van der Waals surface area contributed by atoms with Crippen LogP contribution < -0.4 is 5.32 Å². The van der Waals surface area contributed by atoms with E-state index in [1.54, 1.807) is 0 Å². The van der Waals surface area contributed by atoms with Crippen LogP contribution in [-0.2, 0) is 4.79 Å². The van der Waals surface area contributed by atoms with Crippen LogP contribution >= 0.6 is 0 Å². The third kappa shape index (κ3) is 2.37. The van der Waals surface area contributed by atoms with Crippen molar-refractivity contribution in [3.8, 4) is 0 Å². The quantitative estimate of drug-likeness (QED) is 0.526. The van der Waals surface area contributed by atoms with E-state index >= 15 is 0 Å². The molecule has 1 aliphatic rings. The van der Waals surface area contributed by atoms with Gasteiger partial charge < -0.3 is 5.32 Å². The van der Waals surface area contributed by atoms with Crippen molar-refractivity contribution in [2.75, 3.05) is 6.54 Å². The Kier molecular flexibility index (Phi) is 2.69. The summed E-state index contributed by atoms with van der Waals surface area (Å²) >= 11 is 0. The van der Waals surface area contributed by atoms with Crippen LogP contribution in [0.25, 0.3) is 0 Å². The second-order valence-corrected chi connectivity index (χ2v) is 3.19. The summed E-state index contributed by atoms with van der Waals surface area (Å²) in [5.74, 6) is 0.192. The molecule has 0 aromatic heterocycles. The molecule has 0 fully saturated rings. The number of carbonyl (C=O) groups is 1. The molecule has 1 rings (SSSR count). The molecular weight excluding hydrogens is 138 g/mol. The fourth-order valence-electron chi connectivity index (χ4n) is 1.20. The zero-order valence-corrected chi connectivity index (χ0v) is 7.24. The molecule has 0 unspecified atom stereocenters. The predicted molar refractivity (Wildman–Crippen MR) is 45.2 cm³/mol. The van der Waals surface area contributed by atoms with E-state index in [-0.39, 0.29) is 5.91 Å². The van der Waals surface area contributed by atoms with Crippen LogP contribution in [0.2, 0.25) is 0 Å². The summed E-state index contributed by atoms with van der Waals surface area (Å²) in [4.78, 5) is 11.0. The Hall–Kier alpha value is -0.790. The first-order chi connectivity index (χ1) is 5.20. The molecule has 0 saturated heterocycles. The number of hydrogen-bond acceptors (Lipinski definition) is 1. The molecule has 62 valence electrons. The second-order valence-electron chi connectivity index (χ2n) is 3.19. The second kappa shape index (κ2) is 3.56. The normalized spacial score (nSPS) is 27.3. The molecule has 0 aliphatic carbocycles. The third-order valence-corrected chi connectivity index (χ3v) is 2.23. The van der Waals surface area contributed by atoms with E-state index in [0.717, 1.165) is 19.4 Å². The maximum Gasteiger partial charge on any atom is 0.220 e. The summed E-state index contributed by atoms with van der Waals surface area (Å²) in [6.07, 6.45) is 2.76. The lowest BCUT2D eigenvalue weighted by Crippen LogP contribution is -2.26. The highest BCUT2D eigenvalue weighted by Crippen LogP contribution is 2.13. The summed E-state index contributed by atoms with van der Waals surface area (Å²) in [5, 5.41) is 2.87. The third-order valence-electron chi connectivity index (χ3n) is 2.23. The molecule has 1 N–H and O–H groups in total. The van der Waals surface area contributed by atoms with Crippen molar-refractivity contribution >= 4 is 5.91 Å². The highest BCUT2D eigenvalue weighted by atomic mass is 16.1. The SMILES string of the molecule is C/C1=C(/C)CNC(=O)CCC1. The summed E-state index contributed by atoms with van der Waals surface area (Å²) < 4.78 is 0. The lowest BCUT2D eigenvalue weighted by atomic mass is 10.0. The van der Waals surface area contributed by atoms with E-state index in [0.29, 0.717) is 6.42 Å². The van der Waals surface area contributed by atoms with Gasteiger partial charge in [0.25, 0.3) is 0 Å². The van der Waals surface area contributed by atoms with Gasteiger partial charge in [-0.2, -0.15) is 0 Å². The molecule has 0 aromatic rings. The predicted octanol–water partition coefficient (Wildman–Crippen LogP) is 1.62. The van der Waals surface area contributed by atoms with Gasteiger partial charge in [-0.15, -0.1) is 0 Å². The van der Waals surface area contributed by atoms with E-state index < -0.39 is 0 Å².